The number of aromatic amines is 1. The minimum absolute atomic E-state index is 0.0511. The number of aryl methyl sites for hydroxylation is 1. The zero-order valence-corrected chi connectivity index (χ0v) is 13.5. The lowest BCUT2D eigenvalue weighted by molar-refractivity contribution is 0.372. The quantitative estimate of drug-likeness (QED) is 0.636. The van der Waals surface area contributed by atoms with E-state index in [0.717, 1.165) is 4.68 Å². The summed E-state index contributed by atoms with van der Waals surface area (Å²) in [5.74, 6) is 0.276. The van der Waals surface area contributed by atoms with Crippen LogP contribution in [0.5, 0.6) is 11.5 Å². The van der Waals surface area contributed by atoms with Crippen molar-refractivity contribution in [1.29, 1.82) is 0 Å². The van der Waals surface area contributed by atoms with Crippen LogP contribution < -0.4 is 10.3 Å². The van der Waals surface area contributed by atoms with Gasteiger partial charge in [0.05, 0.1) is 17.8 Å². The van der Waals surface area contributed by atoms with Crippen LogP contribution in [0.2, 0.25) is 0 Å². The Bertz CT molecular complexity index is 828. The summed E-state index contributed by atoms with van der Waals surface area (Å²) in [5, 5.41) is 20.2. The van der Waals surface area contributed by atoms with Gasteiger partial charge in [0.2, 0.25) is 4.77 Å². The smallest absolute Gasteiger partial charge is 0.296 e. The van der Waals surface area contributed by atoms with Gasteiger partial charge in [0, 0.05) is 5.56 Å². The van der Waals surface area contributed by atoms with Gasteiger partial charge in [-0.3, -0.25) is 9.89 Å². The Morgan fingerprint density at radius 2 is 2.29 bits per heavy atom. The molecule has 110 valence electrons. The third-order valence-corrected chi connectivity index (χ3v) is 3.75. The minimum Gasteiger partial charge on any atom is -0.503 e. The van der Waals surface area contributed by atoms with E-state index in [2.05, 4.69) is 31.2 Å². The number of nitrogens with zero attached hydrogens (tertiary/aromatic N) is 3. The number of H-pyrrole nitrogens is 1. The fourth-order valence-electron chi connectivity index (χ4n) is 1.52. The molecule has 0 amide bonds. The predicted octanol–water partition coefficient (Wildman–Crippen LogP) is 1.97. The molecule has 0 radical (unpaired) electrons. The monoisotopic (exact) mass is 370 g/mol. The molecule has 1 aromatic heterocycles. The van der Waals surface area contributed by atoms with E-state index in [4.69, 9.17) is 17.0 Å². The molecule has 0 unspecified atom stereocenters. The summed E-state index contributed by atoms with van der Waals surface area (Å²) in [6.45, 7) is 1.55. The van der Waals surface area contributed by atoms with Crippen molar-refractivity contribution in [2.24, 2.45) is 5.10 Å². The van der Waals surface area contributed by atoms with Gasteiger partial charge in [0.25, 0.3) is 5.56 Å². The molecule has 0 aliphatic heterocycles. The van der Waals surface area contributed by atoms with Crippen LogP contribution in [0.3, 0.4) is 0 Å². The van der Waals surface area contributed by atoms with Gasteiger partial charge in [-0.2, -0.15) is 14.9 Å². The molecule has 0 bridgehead atoms. The molecule has 0 spiro atoms. The lowest BCUT2D eigenvalue weighted by atomic mass is 10.2. The molecular weight excluding hydrogens is 360 g/mol. The van der Waals surface area contributed by atoms with Gasteiger partial charge in [-0.15, -0.1) is 0 Å². The fourth-order valence-corrected chi connectivity index (χ4v) is 2.13. The Kier molecular flexibility index (Phi) is 4.53. The number of ether oxygens (including phenoxy) is 1. The number of benzene rings is 1. The zero-order valence-electron chi connectivity index (χ0n) is 11.1. The Labute approximate surface area is 133 Å². The number of halogens is 1. The molecular formula is C12H11BrN4O3S. The number of nitrogens with one attached hydrogen (secondary N) is 1. The van der Waals surface area contributed by atoms with Crippen molar-refractivity contribution in [3.8, 4) is 11.5 Å². The van der Waals surface area contributed by atoms with Crippen molar-refractivity contribution in [3.63, 3.8) is 0 Å². The highest BCUT2D eigenvalue weighted by Crippen LogP contribution is 2.35. The second kappa shape index (κ2) is 6.19. The van der Waals surface area contributed by atoms with Crippen LogP contribution >= 0.6 is 28.1 Å². The number of hydrogen-bond donors (Lipinski definition) is 2. The van der Waals surface area contributed by atoms with E-state index in [1.807, 2.05) is 0 Å². The van der Waals surface area contributed by atoms with E-state index in [1.165, 1.54) is 13.3 Å². The van der Waals surface area contributed by atoms with Gasteiger partial charge in [0.15, 0.2) is 11.5 Å². The van der Waals surface area contributed by atoms with Crippen LogP contribution in [0, 0.1) is 11.7 Å². The number of aromatic nitrogens is 3. The largest absolute Gasteiger partial charge is 0.503 e. The van der Waals surface area contributed by atoms with E-state index >= 15 is 0 Å². The average molecular weight is 371 g/mol. The third-order valence-electron chi connectivity index (χ3n) is 2.65. The topological polar surface area (TPSA) is 92.5 Å². The maximum Gasteiger partial charge on any atom is 0.296 e. The first-order valence-corrected chi connectivity index (χ1v) is 6.94. The zero-order chi connectivity index (χ0) is 15.6. The molecule has 9 heteroatoms. The third kappa shape index (κ3) is 3.03. The molecule has 0 aliphatic carbocycles. The van der Waals surface area contributed by atoms with Crippen molar-refractivity contribution in [2.45, 2.75) is 6.92 Å². The molecule has 0 atom stereocenters. The van der Waals surface area contributed by atoms with E-state index < -0.39 is 5.56 Å². The van der Waals surface area contributed by atoms with Crippen molar-refractivity contribution in [3.05, 3.63) is 43.0 Å². The van der Waals surface area contributed by atoms with Crippen molar-refractivity contribution in [1.82, 2.24) is 14.9 Å². The van der Waals surface area contributed by atoms with Gasteiger partial charge in [-0.05, 0) is 47.2 Å². The number of aromatic hydroxyl groups is 1. The Morgan fingerprint density at radius 3 is 2.95 bits per heavy atom. The summed E-state index contributed by atoms with van der Waals surface area (Å²) >= 11 is 8.20. The molecule has 0 saturated carbocycles. The highest BCUT2D eigenvalue weighted by Gasteiger charge is 2.09. The van der Waals surface area contributed by atoms with Crippen molar-refractivity contribution < 1.29 is 9.84 Å². The highest BCUT2D eigenvalue weighted by atomic mass is 79.9. The van der Waals surface area contributed by atoms with Crippen molar-refractivity contribution >= 4 is 34.4 Å². The van der Waals surface area contributed by atoms with Crippen LogP contribution in [-0.4, -0.2) is 33.3 Å². The first-order chi connectivity index (χ1) is 9.95. The van der Waals surface area contributed by atoms with E-state index in [9.17, 15) is 9.90 Å². The molecule has 1 heterocycles. The molecule has 2 N–H and O–H groups in total. The lowest BCUT2D eigenvalue weighted by Crippen LogP contribution is -2.22. The van der Waals surface area contributed by atoms with Gasteiger partial charge in [0.1, 0.15) is 5.69 Å². The van der Waals surface area contributed by atoms with Crippen LogP contribution in [0.4, 0.5) is 0 Å². The normalized spacial score (nSPS) is 11.0. The molecule has 0 saturated heterocycles. The van der Waals surface area contributed by atoms with E-state index in [-0.39, 0.29) is 16.2 Å². The van der Waals surface area contributed by atoms with E-state index in [1.54, 1.807) is 19.1 Å². The van der Waals surface area contributed by atoms with Gasteiger partial charge < -0.3 is 9.84 Å². The number of methoxy groups -OCH3 is 1. The number of hydrogen-bond acceptors (Lipinski definition) is 6. The average Bonchev–Trinajstić information content (AvgIpc) is 2.47. The molecule has 0 fully saturated rings. The number of phenols is 1. The van der Waals surface area contributed by atoms with E-state index in [0.29, 0.717) is 15.8 Å². The highest BCUT2D eigenvalue weighted by molar-refractivity contribution is 9.10. The Morgan fingerprint density at radius 1 is 1.57 bits per heavy atom. The first kappa shape index (κ1) is 15.4. The second-order valence-corrected chi connectivity index (χ2v) is 5.18. The Balaban J connectivity index is 2.49. The number of rotatable bonds is 3. The van der Waals surface area contributed by atoms with Gasteiger partial charge >= 0.3 is 0 Å². The minimum atomic E-state index is -0.413. The molecule has 21 heavy (non-hydrogen) atoms. The second-order valence-electron chi connectivity index (χ2n) is 4.00. The summed E-state index contributed by atoms with van der Waals surface area (Å²) < 4.78 is 6.49. The molecule has 2 aromatic rings. The van der Waals surface area contributed by atoms with Crippen LogP contribution in [0.1, 0.15) is 11.3 Å². The van der Waals surface area contributed by atoms with Gasteiger partial charge in [-0.25, -0.2) is 0 Å². The SMILES string of the molecule is COc1ccc(/C=N\n2c(=S)[nH]nc(C)c2=O)c(Br)c1O. The molecule has 0 aliphatic rings. The summed E-state index contributed by atoms with van der Waals surface area (Å²) in [6.07, 6.45) is 1.40. The van der Waals surface area contributed by atoms with Gasteiger partial charge in [-0.1, -0.05) is 0 Å². The summed E-state index contributed by atoms with van der Waals surface area (Å²) in [4.78, 5) is 11.9. The Hall–Kier alpha value is -2.00. The van der Waals surface area contributed by atoms with Crippen molar-refractivity contribution in [2.75, 3.05) is 7.11 Å². The predicted molar refractivity (Wildman–Crippen MR) is 83.8 cm³/mol. The fraction of sp³-hybridized carbons (Fsp3) is 0.167. The summed E-state index contributed by atoms with van der Waals surface area (Å²) in [6, 6.07) is 3.26. The standard InChI is InChI=1S/C12H11BrN4O3S/c1-6-11(19)17(12(21)16-15-6)14-5-7-3-4-8(20-2)10(18)9(7)13/h3-5,18H,1-2H3,(H,16,21)/b14-5-. The summed E-state index contributed by atoms with van der Waals surface area (Å²) in [7, 11) is 1.45. The number of phenolic OH excluding ortho intramolecular Hbond substituents is 1. The molecule has 2 rings (SSSR count). The molecule has 1 aromatic carbocycles. The maximum atomic E-state index is 11.9. The first-order valence-electron chi connectivity index (χ1n) is 5.74. The van der Waals surface area contributed by atoms with Crippen LogP contribution in [0.25, 0.3) is 0 Å². The van der Waals surface area contributed by atoms with Crippen LogP contribution in [-0.2, 0) is 0 Å². The summed E-state index contributed by atoms with van der Waals surface area (Å²) in [5.41, 5.74) is 0.394. The van der Waals surface area contributed by atoms with Crippen LogP contribution in [0.15, 0.2) is 26.5 Å². The lowest BCUT2D eigenvalue weighted by Gasteiger charge is -2.07. The maximum absolute atomic E-state index is 11.9. The molecule has 7 nitrogen and oxygen atoms in total.